The minimum absolute atomic E-state index is 0.829. The number of unbranched alkanes of at least 4 members (excludes halogenated alkanes) is 2. The Morgan fingerprint density at radius 3 is 2.59 bits per heavy atom. The molecule has 1 saturated heterocycles. The molecule has 2 heteroatoms. The Hall–Kier alpha value is -0.0800. The summed E-state index contributed by atoms with van der Waals surface area (Å²) in [6.07, 6.45) is 9.84. The van der Waals surface area contributed by atoms with E-state index in [4.69, 9.17) is 0 Å². The first kappa shape index (κ1) is 13.4. The van der Waals surface area contributed by atoms with Gasteiger partial charge in [-0.1, -0.05) is 13.3 Å². The lowest BCUT2D eigenvalue weighted by Crippen LogP contribution is -2.41. The molecule has 1 aliphatic carbocycles. The molecule has 2 rings (SSSR count). The van der Waals surface area contributed by atoms with E-state index in [2.05, 4.69) is 24.1 Å². The highest BCUT2D eigenvalue weighted by Gasteiger charge is 2.22. The summed E-state index contributed by atoms with van der Waals surface area (Å²) >= 11 is 0. The van der Waals surface area contributed by atoms with Crippen molar-refractivity contribution in [2.45, 2.75) is 70.9 Å². The minimum atomic E-state index is 0.829. The van der Waals surface area contributed by atoms with Gasteiger partial charge in [-0.05, 0) is 64.5 Å². The van der Waals surface area contributed by atoms with Crippen LogP contribution in [0.4, 0.5) is 0 Å². The van der Waals surface area contributed by atoms with Crippen molar-refractivity contribution in [3.05, 3.63) is 0 Å². The lowest BCUT2D eigenvalue weighted by molar-refractivity contribution is 0.122. The summed E-state index contributed by atoms with van der Waals surface area (Å²) in [5.41, 5.74) is 0. The third kappa shape index (κ3) is 4.97. The summed E-state index contributed by atoms with van der Waals surface area (Å²) in [4.78, 5) is 2.71. The number of hydrogen-bond donors (Lipinski definition) is 1. The quantitative estimate of drug-likeness (QED) is 0.686. The first-order valence-corrected chi connectivity index (χ1v) is 7.73. The predicted octanol–water partition coefficient (Wildman–Crippen LogP) is 3.03. The lowest BCUT2D eigenvalue weighted by Gasteiger charge is -2.36. The third-order valence-electron chi connectivity index (χ3n) is 4.38. The average Bonchev–Trinajstić information content (AvgIpc) is 3.11. The molecular weight excluding hydrogens is 208 g/mol. The molecule has 2 nitrogen and oxygen atoms in total. The van der Waals surface area contributed by atoms with Crippen LogP contribution in [0.25, 0.3) is 0 Å². The van der Waals surface area contributed by atoms with Crippen LogP contribution >= 0.6 is 0 Å². The Morgan fingerprint density at radius 1 is 1.00 bits per heavy atom. The highest BCUT2D eigenvalue weighted by Crippen LogP contribution is 2.21. The zero-order chi connectivity index (χ0) is 12.1. The second-order valence-electron chi connectivity index (χ2n) is 6.32. The van der Waals surface area contributed by atoms with E-state index >= 15 is 0 Å². The van der Waals surface area contributed by atoms with Crippen LogP contribution in [0.15, 0.2) is 0 Å². The van der Waals surface area contributed by atoms with Crippen molar-refractivity contribution in [1.82, 2.24) is 10.2 Å². The van der Waals surface area contributed by atoms with Crippen LogP contribution in [0.2, 0.25) is 0 Å². The van der Waals surface area contributed by atoms with E-state index < -0.39 is 0 Å². The molecule has 17 heavy (non-hydrogen) atoms. The highest BCUT2D eigenvalue weighted by atomic mass is 15.2. The number of rotatable bonds is 7. The monoisotopic (exact) mass is 238 g/mol. The molecule has 0 aromatic rings. The Morgan fingerprint density at radius 2 is 1.82 bits per heavy atom. The van der Waals surface area contributed by atoms with Crippen molar-refractivity contribution in [3.8, 4) is 0 Å². The zero-order valence-electron chi connectivity index (χ0n) is 11.8. The molecule has 0 aromatic heterocycles. The van der Waals surface area contributed by atoms with E-state index in [0.29, 0.717) is 0 Å². The average molecular weight is 238 g/mol. The first-order valence-electron chi connectivity index (χ1n) is 7.73. The van der Waals surface area contributed by atoms with Crippen molar-refractivity contribution in [1.29, 1.82) is 0 Å². The topological polar surface area (TPSA) is 15.3 Å². The zero-order valence-corrected chi connectivity index (χ0v) is 11.8. The number of piperidine rings is 1. The van der Waals surface area contributed by atoms with Crippen LogP contribution in [-0.2, 0) is 0 Å². The van der Waals surface area contributed by atoms with Gasteiger partial charge in [0.25, 0.3) is 0 Å². The minimum Gasteiger partial charge on any atom is -0.314 e. The fraction of sp³-hybridized carbons (Fsp3) is 1.00. The number of nitrogens with zero attached hydrogens (tertiary/aromatic N) is 1. The Bertz CT molecular complexity index is 213. The van der Waals surface area contributed by atoms with Crippen molar-refractivity contribution in [3.63, 3.8) is 0 Å². The smallest absolute Gasteiger partial charge is 0.00682 e. The maximum atomic E-state index is 3.60. The van der Waals surface area contributed by atoms with Crippen LogP contribution in [0.1, 0.15) is 58.8 Å². The van der Waals surface area contributed by atoms with Crippen LogP contribution in [0.3, 0.4) is 0 Å². The van der Waals surface area contributed by atoms with Gasteiger partial charge in [0.1, 0.15) is 0 Å². The largest absolute Gasteiger partial charge is 0.314 e. The second-order valence-corrected chi connectivity index (χ2v) is 6.32. The van der Waals surface area contributed by atoms with Gasteiger partial charge in [-0.25, -0.2) is 0 Å². The molecule has 0 aromatic carbocycles. The number of nitrogens with one attached hydrogen (secondary N) is 1. The molecule has 2 unspecified atom stereocenters. The van der Waals surface area contributed by atoms with Gasteiger partial charge in [0, 0.05) is 18.6 Å². The van der Waals surface area contributed by atoms with Gasteiger partial charge in [-0.2, -0.15) is 0 Å². The molecule has 1 N–H and O–H groups in total. The molecule has 1 heterocycles. The SMILES string of the molecule is CC1CCC(C)N(CCCCCNC2CC2)C1. The van der Waals surface area contributed by atoms with Gasteiger partial charge in [0.05, 0.1) is 0 Å². The third-order valence-corrected chi connectivity index (χ3v) is 4.38. The molecule has 2 atom stereocenters. The molecule has 2 aliphatic rings. The fourth-order valence-corrected chi connectivity index (χ4v) is 2.90. The summed E-state index contributed by atoms with van der Waals surface area (Å²) in [5, 5.41) is 3.60. The van der Waals surface area contributed by atoms with Crippen molar-refractivity contribution >= 4 is 0 Å². The van der Waals surface area contributed by atoms with Crippen LogP contribution in [0, 0.1) is 5.92 Å². The van der Waals surface area contributed by atoms with Crippen LogP contribution in [0.5, 0.6) is 0 Å². The highest BCUT2D eigenvalue weighted by molar-refractivity contribution is 4.80. The molecule has 1 saturated carbocycles. The van der Waals surface area contributed by atoms with Gasteiger partial charge in [-0.3, -0.25) is 0 Å². The normalized spacial score (nSPS) is 30.7. The summed E-state index contributed by atoms with van der Waals surface area (Å²) in [6, 6.07) is 1.72. The van der Waals surface area contributed by atoms with Gasteiger partial charge in [-0.15, -0.1) is 0 Å². The molecule has 1 aliphatic heterocycles. The molecular formula is C15H30N2. The molecule has 0 radical (unpaired) electrons. The molecule has 0 amide bonds. The fourth-order valence-electron chi connectivity index (χ4n) is 2.90. The van der Waals surface area contributed by atoms with Crippen molar-refractivity contribution < 1.29 is 0 Å². The molecule has 100 valence electrons. The van der Waals surface area contributed by atoms with Crippen LogP contribution in [-0.4, -0.2) is 36.6 Å². The van der Waals surface area contributed by atoms with Gasteiger partial charge < -0.3 is 10.2 Å². The lowest BCUT2D eigenvalue weighted by atomic mass is 9.95. The van der Waals surface area contributed by atoms with Gasteiger partial charge >= 0.3 is 0 Å². The van der Waals surface area contributed by atoms with Crippen LogP contribution < -0.4 is 5.32 Å². The predicted molar refractivity (Wildman–Crippen MR) is 74.3 cm³/mol. The van der Waals surface area contributed by atoms with Crippen molar-refractivity contribution in [2.75, 3.05) is 19.6 Å². The Balaban J connectivity index is 1.48. The first-order chi connectivity index (χ1) is 8.25. The van der Waals surface area contributed by atoms with E-state index in [-0.39, 0.29) is 0 Å². The summed E-state index contributed by atoms with van der Waals surface area (Å²) in [7, 11) is 0. The number of likely N-dealkylation sites (tertiary alicyclic amines) is 1. The maximum Gasteiger partial charge on any atom is 0.00682 e. The summed E-state index contributed by atoms with van der Waals surface area (Å²) in [6.45, 7) is 8.71. The van der Waals surface area contributed by atoms with Crippen molar-refractivity contribution in [2.24, 2.45) is 5.92 Å². The Labute approximate surface area is 107 Å². The van der Waals surface area contributed by atoms with E-state index in [1.165, 1.54) is 64.6 Å². The molecule has 2 fully saturated rings. The Kier molecular flexibility index (Phi) is 5.30. The molecule has 0 spiro atoms. The second kappa shape index (κ2) is 6.75. The van der Waals surface area contributed by atoms with E-state index in [0.717, 1.165) is 18.0 Å². The van der Waals surface area contributed by atoms with E-state index in [1.54, 1.807) is 0 Å². The van der Waals surface area contributed by atoms with Gasteiger partial charge in [0.2, 0.25) is 0 Å². The number of hydrogen-bond acceptors (Lipinski definition) is 2. The molecule has 0 bridgehead atoms. The summed E-state index contributed by atoms with van der Waals surface area (Å²) < 4.78 is 0. The van der Waals surface area contributed by atoms with E-state index in [1.807, 2.05) is 0 Å². The standard InChI is InChI=1S/C15H30N2/c1-13-6-7-14(2)17(12-13)11-5-3-4-10-16-15-8-9-15/h13-16H,3-12H2,1-2H3. The summed E-state index contributed by atoms with van der Waals surface area (Å²) in [5.74, 6) is 0.919. The maximum absolute atomic E-state index is 3.60. The van der Waals surface area contributed by atoms with E-state index in [9.17, 15) is 0 Å². The van der Waals surface area contributed by atoms with Gasteiger partial charge in [0.15, 0.2) is 0 Å².